The number of aliphatic hydroxyl groups is 1. The number of rotatable bonds is 8. The summed E-state index contributed by atoms with van der Waals surface area (Å²) in [5.74, 6) is -1.90. The number of nitrogens with zero attached hydrogens (tertiary/aromatic N) is 1. The van der Waals surface area contributed by atoms with Crippen molar-refractivity contribution >= 4 is 41.1 Å². The van der Waals surface area contributed by atoms with Crippen molar-refractivity contribution in [3.8, 4) is 11.5 Å². The predicted molar refractivity (Wildman–Crippen MR) is 141 cm³/mol. The van der Waals surface area contributed by atoms with Crippen LogP contribution in [0, 0.1) is 9.39 Å². The van der Waals surface area contributed by atoms with Gasteiger partial charge < -0.3 is 9.47 Å². The number of nitrogens with one attached hydrogen (secondary N) is 1. The first-order chi connectivity index (χ1) is 17.9. The van der Waals surface area contributed by atoms with Crippen LogP contribution in [-0.4, -0.2) is 60.6 Å². The van der Waals surface area contributed by atoms with E-state index in [9.17, 15) is 19.1 Å². The molecule has 0 unspecified atom stereocenters. The van der Waals surface area contributed by atoms with E-state index in [0.717, 1.165) is 36.7 Å². The van der Waals surface area contributed by atoms with E-state index < -0.39 is 29.7 Å². The molecule has 2 heterocycles. The first kappa shape index (κ1) is 26.6. The van der Waals surface area contributed by atoms with Crippen LogP contribution in [0.4, 0.5) is 4.39 Å². The second-order valence-corrected chi connectivity index (χ2v) is 13.6. The number of carbonyl (C=O) groups is 2. The molecule has 2 N–H and O–H groups in total. The Morgan fingerprint density at radius 2 is 1.78 bits per heavy atom. The summed E-state index contributed by atoms with van der Waals surface area (Å²) in [5.41, 5.74) is 0.528. The maximum absolute atomic E-state index is 14.7. The molecule has 1 saturated heterocycles. The molecule has 2 atom stereocenters. The first-order valence-corrected chi connectivity index (χ1v) is 19.4. The zero-order valence-electron chi connectivity index (χ0n) is 19.9. The molecule has 2 aliphatic heterocycles. The van der Waals surface area contributed by atoms with Crippen LogP contribution >= 0.6 is 18.6 Å². The molecule has 3 aromatic carbocycles. The van der Waals surface area contributed by atoms with Gasteiger partial charge >= 0.3 is 153 Å². The molecule has 0 bridgehead atoms. The Labute approximate surface area is 234 Å². The van der Waals surface area contributed by atoms with Gasteiger partial charge in [-0.05, 0) is 38.1 Å². The van der Waals surface area contributed by atoms with Gasteiger partial charge in [-0.1, -0.05) is 0 Å². The summed E-state index contributed by atoms with van der Waals surface area (Å²) >= 11 is 2.33. The molecule has 1 fully saturated rings. The van der Waals surface area contributed by atoms with Gasteiger partial charge in [-0.3, -0.25) is 0 Å². The number of amides is 1. The number of likely N-dealkylation sites (tertiary alicyclic amines) is 1. The second kappa shape index (κ2) is 11.8. The quantitative estimate of drug-likeness (QED) is 0.203. The van der Waals surface area contributed by atoms with Crippen molar-refractivity contribution in [2.24, 2.45) is 0 Å². The molecule has 0 aromatic heterocycles. The first-order valence-electron chi connectivity index (χ1n) is 12.1. The van der Waals surface area contributed by atoms with E-state index in [1.807, 2.05) is 18.2 Å². The summed E-state index contributed by atoms with van der Waals surface area (Å²) in [6.07, 6.45) is 0.786. The molecule has 0 spiro atoms. The van der Waals surface area contributed by atoms with Crippen LogP contribution in [0.2, 0.25) is 0 Å². The molecule has 0 aliphatic carbocycles. The minimum absolute atomic E-state index is 0.0151. The number of carbonyl (C=O) groups excluding carboxylic acids is 2. The Hall–Kier alpha value is -2.03. The molecule has 0 radical (unpaired) electrons. The van der Waals surface area contributed by atoms with E-state index in [1.54, 1.807) is 12.1 Å². The number of hydrogen-bond acceptors (Lipinski definition) is 6. The van der Waals surface area contributed by atoms with E-state index in [4.69, 9.17) is 9.47 Å². The van der Waals surface area contributed by atoms with Gasteiger partial charge in [0.15, 0.2) is 17.3 Å². The fraction of sp³-hybridized carbons (Fsp3) is 0.333. The van der Waals surface area contributed by atoms with Gasteiger partial charge in [0, 0.05) is 0 Å². The number of aliphatic hydroxyl groups excluding tert-OH is 1. The molecule has 3 aromatic rings. The number of ether oxygens (including phenoxy) is 2. The third-order valence-corrected chi connectivity index (χ3v) is 11.0. The predicted octanol–water partition coefficient (Wildman–Crippen LogP) is 0.856. The van der Waals surface area contributed by atoms with E-state index in [-0.39, 0.29) is 53.1 Å². The zero-order chi connectivity index (χ0) is 25.9. The Morgan fingerprint density at radius 1 is 1.05 bits per heavy atom. The topological polar surface area (TPSA) is 88.1 Å². The van der Waals surface area contributed by atoms with Crippen LogP contribution < -0.4 is 32.0 Å². The van der Waals surface area contributed by atoms with Crippen molar-refractivity contribution in [2.45, 2.75) is 25.0 Å². The summed E-state index contributed by atoms with van der Waals surface area (Å²) in [7, 11) is 0. The van der Waals surface area contributed by atoms with Crippen molar-refractivity contribution in [3.63, 3.8) is 0 Å². The van der Waals surface area contributed by atoms with Crippen molar-refractivity contribution in [3.05, 3.63) is 69.0 Å². The van der Waals surface area contributed by atoms with Crippen LogP contribution in [0.1, 0.15) is 34.9 Å². The van der Waals surface area contributed by atoms with E-state index in [1.165, 1.54) is 15.7 Å². The third kappa shape index (κ3) is 6.02. The van der Waals surface area contributed by atoms with E-state index in [0.29, 0.717) is 6.54 Å². The van der Waals surface area contributed by atoms with Gasteiger partial charge in [0.2, 0.25) is 0 Å². The molecular formula is C27H26FI2N2O5-. The number of ketones is 1. The normalized spacial score (nSPS) is 17.1. The van der Waals surface area contributed by atoms with E-state index >= 15 is 0 Å². The van der Waals surface area contributed by atoms with Crippen molar-refractivity contribution in [2.75, 3.05) is 32.8 Å². The van der Waals surface area contributed by atoms with Crippen molar-refractivity contribution in [1.29, 1.82) is 0 Å². The Morgan fingerprint density at radius 3 is 2.57 bits per heavy atom. The van der Waals surface area contributed by atoms with Gasteiger partial charge in [0.05, 0.1) is 0 Å². The molecule has 2 aliphatic rings. The fourth-order valence-corrected chi connectivity index (χ4v) is 7.24. The zero-order valence-corrected chi connectivity index (χ0v) is 24.2. The molecule has 0 saturated carbocycles. The Bertz CT molecular complexity index is 1330. The summed E-state index contributed by atoms with van der Waals surface area (Å²) in [6.45, 7) is 2.51. The number of fused-ring (bicyclic) bond motifs is 2. The van der Waals surface area contributed by atoms with Crippen molar-refractivity contribution in [1.82, 2.24) is 10.2 Å². The minimum atomic E-state index is -1.26. The fourth-order valence-electron chi connectivity index (χ4n) is 4.77. The average molecular weight is 731 g/mol. The molecule has 7 nitrogen and oxygen atoms in total. The Kier molecular flexibility index (Phi) is 8.47. The summed E-state index contributed by atoms with van der Waals surface area (Å²) in [6, 6.07) is 13.2. The van der Waals surface area contributed by atoms with Crippen LogP contribution in [0.25, 0.3) is 10.8 Å². The van der Waals surface area contributed by atoms with Gasteiger partial charge in [-0.2, -0.15) is 0 Å². The van der Waals surface area contributed by atoms with Crippen LogP contribution in [0.15, 0.2) is 48.5 Å². The summed E-state index contributed by atoms with van der Waals surface area (Å²) in [5, 5.41) is 15.9. The van der Waals surface area contributed by atoms with E-state index in [2.05, 4.69) is 34.9 Å². The van der Waals surface area contributed by atoms with Gasteiger partial charge in [0.25, 0.3) is 0 Å². The molecule has 10 heteroatoms. The van der Waals surface area contributed by atoms with Gasteiger partial charge in [-0.15, -0.1) is 0 Å². The number of benzene rings is 3. The molecular weight excluding hydrogens is 705 g/mol. The number of Topliss-reactive ketones (excluding diaryl/α,β-unsaturated/α-hetero) is 1. The SMILES string of the molecule is O=C(N[C@H](CN1CCCC1)[C@H](O)c1cc(F)c2c(c1)OCCO2)C(=O)c1ccc2cc([I-]I)ccc2c1. The number of halogens is 3. The van der Waals surface area contributed by atoms with Gasteiger partial charge in [-0.25, -0.2) is 4.39 Å². The monoisotopic (exact) mass is 731 g/mol. The molecule has 196 valence electrons. The summed E-state index contributed by atoms with van der Waals surface area (Å²) in [4.78, 5) is 28.3. The molecule has 37 heavy (non-hydrogen) atoms. The second-order valence-electron chi connectivity index (χ2n) is 9.17. The summed E-state index contributed by atoms with van der Waals surface area (Å²) < 4.78 is 26.8. The number of hydrogen-bond donors (Lipinski definition) is 2. The Balaban J connectivity index is 1.37. The van der Waals surface area contributed by atoms with Crippen molar-refractivity contribution < 1.29 is 45.8 Å². The maximum atomic E-state index is 14.7. The van der Waals surface area contributed by atoms with Crippen LogP contribution in [-0.2, 0) is 4.79 Å². The molecule has 1 amide bonds. The molecule has 5 rings (SSSR count). The average Bonchev–Trinajstić information content (AvgIpc) is 3.44. The van der Waals surface area contributed by atoms with Crippen LogP contribution in [0.5, 0.6) is 11.5 Å². The standard InChI is InChI=1S/C27H26FI2N2O5/c28-21-13-19(14-23-26(21)37-10-9-36-23)24(33)22(15-32-7-1-2-8-32)31-27(35)25(34)18-4-3-17-12-20(30-29)6-5-16(17)11-18/h3-6,11-14,22,24,33H,1-2,7-10,15H2,(H,31,35)/q-1/t22-,24-/m1/s1. The van der Waals surface area contributed by atoms with Gasteiger partial charge in [0.1, 0.15) is 13.2 Å². The van der Waals surface area contributed by atoms with Crippen LogP contribution in [0.3, 0.4) is 0 Å². The third-order valence-electron chi connectivity index (χ3n) is 6.67.